The number of piperazine rings is 1. The molecule has 1 N–H and O–H groups in total. The van der Waals surface area contributed by atoms with Crippen molar-refractivity contribution >= 4 is 11.6 Å². The van der Waals surface area contributed by atoms with Crippen LogP contribution in [0.3, 0.4) is 0 Å². The smallest absolute Gasteiger partial charge is 0.238 e. The van der Waals surface area contributed by atoms with E-state index in [0.29, 0.717) is 25.5 Å². The number of hydrogen-bond donors (Lipinski definition) is 1. The van der Waals surface area contributed by atoms with Crippen LogP contribution in [0.25, 0.3) is 0 Å². The second-order valence-corrected chi connectivity index (χ2v) is 6.76. The van der Waals surface area contributed by atoms with Gasteiger partial charge >= 0.3 is 0 Å². The van der Waals surface area contributed by atoms with Gasteiger partial charge < -0.3 is 14.8 Å². The van der Waals surface area contributed by atoms with Gasteiger partial charge in [-0.2, -0.15) is 0 Å². The summed E-state index contributed by atoms with van der Waals surface area (Å²) in [5.74, 6) is 1.61. The first kappa shape index (κ1) is 20.2. The summed E-state index contributed by atoms with van der Waals surface area (Å²) >= 11 is 0. The lowest BCUT2D eigenvalue weighted by atomic mass is 10.2. The molecule has 1 heterocycles. The highest BCUT2D eigenvalue weighted by Gasteiger charge is 2.19. The molecule has 2 aromatic carbocycles. The van der Waals surface area contributed by atoms with Crippen molar-refractivity contribution in [3.8, 4) is 11.5 Å². The zero-order chi connectivity index (χ0) is 19.6. The van der Waals surface area contributed by atoms with Gasteiger partial charge in [0.2, 0.25) is 5.91 Å². The number of carbonyl (C=O) groups excluding carboxylic acids is 1. The van der Waals surface area contributed by atoms with Crippen molar-refractivity contribution in [1.29, 1.82) is 0 Å². The third-order valence-electron chi connectivity index (χ3n) is 4.71. The van der Waals surface area contributed by atoms with Gasteiger partial charge in [0, 0.05) is 32.7 Å². The number of hydrogen-bond acceptors (Lipinski definition) is 5. The maximum Gasteiger partial charge on any atom is 0.238 e. The molecule has 1 fully saturated rings. The van der Waals surface area contributed by atoms with Gasteiger partial charge in [-0.3, -0.25) is 14.6 Å². The Labute approximate surface area is 167 Å². The number of rotatable bonds is 9. The Morgan fingerprint density at radius 2 is 1.61 bits per heavy atom. The van der Waals surface area contributed by atoms with Gasteiger partial charge in [-0.1, -0.05) is 30.3 Å². The Hall–Kier alpha value is -2.57. The Kier molecular flexibility index (Phi) is 7.70. The third-order valence-corrected chi connectivity index (χ3v) is 4.71. The molecule has 150 valence electrons. The van der Waals surface area contributed by atoms with Gasteiger partial charge in [-0.25, -0.2) is 0 Å². The molecule has 1 amide bonds. The lowest BCUT2D eigenvalue weighted by Gasteiger charge is -2.34. The van der Waals surface area contributed by atoms with Crippen LogP contribution >= 0.6 is 0 Å². The summed E-state index contributed by atoms with van der Waals surface area (Å²) in [6, 6.07) is 17.4. The fourth-order valence-corrected chi connectivity index (χ4v) is 3.22. The predicted octanol–water partition coefficient (Wildman–Crippen LogP) is 2.72. The van der Waals surface area contributed by atoms with Crippen molar-refractivity contribution in [2.24, 2.45) is 0 Å². The van der Waals surface area contributed by atoms with E-state index >= 15 is 0 Å². The second-order valence-electron chi connectivity index (χ2n) is 6.76. The van der Waals surface area contributed by atoms with Crippen LogP contribution in [0.1, 0.15) is 6.92 Å². The first-order valence-electron chi connectivity index (χ1n) is 9.89. The van der Waals surface area contributed by atoms with Gasteiger partial charge in [0.05, 0.1) is 18.8 Å². The fourth-order valence-electron chi connectivity index (χ4n) is 3.22. The summed E-state index contributed by atoms with van der Waals surface area (Å²) in [5.41, 5.74) is 0.728. The number of ether oxygens (including phenoxy) is 2. The van der Waals surface area contributed by atoms with Crippen LogP contribution in [0.15, 0.2) is 54.6 Å². The molecular weight excluding hydrogens is 354 g/mol. The number of nitrogens with zero attached hydrogens (tertiary/aromatic N) is 2. The highest BCUT2D eigenvalue weighted by atomic mass is 16.5. The number of nitrogens with one attached hydrogen (secondary N) is 1. The van der Waals surface area contributed by atoms with Gasteiger partial charge in [0.15, 0.2) is 0 Å². The van der Waals surface area contributed by atoms with E-state index in [1.807, 2.05) is 61.5 Å². The summed E-state index contributed by atoms with van der Waals surface area (Å²) in [6.45, 7) is 8.13. The first-order valence-corrected chi connectivity index (χ1v) is 9.89. The van der Waals surface area contributed by atoms with Crippen LogP contribution in [0.5, 0.6) is 11.5 Å². The van der Waals surface area contributed by atoms with E-state index < -0.39 is 0 Å². The van der Waals surface area contributed by atoms with Crippen molar-refractivity contribution < 1.29 is 14.3 Å². The number of carbonyl (C=O) groups is 1. The topological polar surface area (TPSA) is 54.0 Å². The van der Waals surface area contributed by atoms with Crippen LogP contribution in [-0.2, 0) is 4.79 Å². The fraction of sp³-hybridized carbons (Fsp3) is 0.409. The zero-order valence-corrected chi connectivity index (χ0v) is 16.5. The molecule has 6 nitrogen and oxygen atoms in total. The average molecular weight is 383 g/mol. The molecule has 0 bridgehead atoms. The normalized spacial score (nSPS) is 15.2. The van der Waals surface area contributed by atoms with E-state index in [1.54, 1.807) is 0 Å². The van der Waals surface area contributed by atoms with E-state index in [2.05, 4.69) is 15.1 Å². The molecule has 0 spiro atoms. The maximum absolute atomic E-state index is 12.4. The van der Waals surface area contributed by atoms with Crippen LogP contribution < -0.4 is 14.8 Å². The standard InChI is InChI=1S/C22H29N3O3/c1-2-27-21-11-7-6-10-20(21)23-22(26)18-25-14-12-24(13-15-25)16-17-28-19-8-4-3-5-9-19/h3-11H,2,12-18H2,1H3,(H,23,26). The molecule has 0 unspecified atom stereocenters. The summed E-state index contributed by atoms with van der Waals surface area (Å²) < 4.78 is 11.3. The molecule has 2 aromatic rings. The Bertz CT molecular complexity index is 731. The van der Waals surface area contributed by atoms with E-state index in [4.69, 9.17) is 9.47 Å². The molecule has 0 aromatic heterocycles. The SMILES string of the molecule is CCOc1ccccc1NC(=O)CN1CCN(CCOc2ccccc2)CC1. The third kappa shape index (κ3) is 6.25. The summed E-state index contributed by atoms with van der Waals surface area (Å²) in [5, 5.41) is 2.97. The largest absolute Gasteiger partial charge is 0.492 e. The molecule has 0 aliphatic carbocycles. The van der Waals surface area contributed by atoms with Crippen LogP contribution in [0.2, 0.25) is 0 Å². The second kappa shape index (κ2) is 10.7. The Balaban J connectivity index is 1.36. The maximum atomic E-state index is 12.4. The van der Waals surface area contributed by atoms with Crippen molar-refractivity contribution in [2.45, 2.75) is 6.92 Å². The van der Waals surface area contributed by atoms with E-state index in [-0.39, 0.29) is 5.91 Å². The van der Waals surface area contributed by atoms with Crippen LogP contribution in [0.4, 0.5) is 5.69 Å². The van der Waals surface area contributed by atoms with Gasteiger partial charge in [-0.05, 0) is 31.2 Å². The van der Waals surface area contributed by atoms with E-state index in [0.717, 1.165) is 44.2 Å². The molecule has 0 atom stereocenters. The molecule has 28 heavy (non-hydrogen) atoms. The minimum atomic E-state index is -0.00647. The first-order chi connectivity index (χ1) is 13.7. The molecule has 0 saturated carbocycles. The van der Waals surface area contributed by atoms with Gasteiger partial charge in [-0.15, -0.1) is 0 Å². The molecule has 1 saturated heterocycles. The monoisotopic (exact) mass is 383 g/mol. The van der Waals surface area contributed by atoms with Crippen molar-refractivity contribution in [2.75, 3.05) is 57.8 Å². The van der Waals surface area contributed by atoms with Crippen molar-refractivity contribution in [3.05, 3.63) is 54.6 Å². The quantitative estimate of drug-likeness (QED) is 0.722. The summed E-state index contributed by atoms with van der Waals surface area (Å²) in [7, 11) is 0. The van der Waals surface area contributed by atoms with E-state index in [9.17, 15) is 4.79 Å². The minimum absolute atomic E-state index is 0.00647. The molecule has 0 radical (unpaired) electrons. The number of anilines is 1. The summed E-state index contributed by atoms with van der Waals surface area (Å²) in [6.07, 6.45) is 0. The van der Waals surface area contributed by atoms with Gasteiger partial charge in [0.25, 0.3) is 0 Å². The number of benzene rings is 2. The minimum Gasteiger partial charge on any atom is -0.492 e. The molecule has 1 aliphatic rings. The molecular formula is C22H29N3O3. The van der Waals surface area contributed by atoms with Crippen molar-refractivity contribution in [1.82, 2.24) is 9.80 Å². The Morgan fingerprint density at radius 3 is 2.36 bits per heavy atom. The molecule has 1 aliphatic heterocycles. The average Bonchev–Trinajstić information content (AvgIpc) is 2.72. The van der Waals surface area contributed by atoms with Gasteiger partial charge in [0.1, 0.15) is 18.1 Å². The van der Waals surface area contributed by atoms with Crippen LogP contribution in [0, 0.1) is 0 Å². The Morgan fingerprint density at radius 1 is 0.929 bits per heavy atom. The van der Waals surface area contributed by atoms with Crippen molar-refractivity contribution in [3.63, 3.8) is 0 Å². The lowest BCUT2D eigenvalue weighted by molar-refractivity contribution is -0.117. The highest BCUT2D eigenvalue weighted by Crippen LogP contribution is 2.23. The highest BCUT2D eigenvalue weighted by molar-refractivity contribution is 5.93. The summed E-state index contributed by atoms with van der Waals surface area (Å²) in [4.78, 5) is 17.0. The van der Waals surface area contributed by atoms with Crippen LogP contribution in [-0.4, -0.2) is 68.2 Å². The molecule has 6 heteroatoms. The molecule has 3 rings (SSSR count). The predicted molar refractivity (Wildman–Crippen MR) is 111 cm³/mol. The number of amides is 1. The number of para-hydroxylation sites is 3. The van der Waals surface area contributed by atoms with E-state index in [1.165, 1.54) is 0 Å². The lowest BCUT2D eigenvalue weighted by Crippen LogP contribution is -2.49. The zero-order valence-electron chi connectivity index (χ0n) is 16.5.